The molecule has 3 rings (SSSR count). The molecule has 0 amide bonds. The highest BCUT2D eigenvalue weighted by atomic mass is 79.9. The van der Waals surface area contributed by atoms with Crippen LogP contribution >= 0.6 is 31.9 Å². The van der Waals surface area contributed by atoms with Crippen molar-refractivity contribution in [1.29, 1.82) is 0 Å². The van der Waals surface area contributed by atoms with Gasteiger partial charge < -0.3 is 9.47 Å². The molecule has 2 fully saturated rings. The van der Waals surface area contributed by atoms with Crippen molar-refractivity contribution in [2.45, 2.75) is 23.5 Å². The molecule has 0 aromatic heterocycles. The first kappa shape index (κ1) is 15.9. The molecule has 0 bridgehead atoms. The van der Waals surface area contributed by atoms with E-state index in [-0.39, 0.29) is 4.90 Å². The molecule has 2 heterocycles. The largest absolute Gasteiger partial charge is 0.347 e. The molecular formula is C13H15Br2NO4S. The topological polar surface area (TPSA) is 55.8 Å². The van der Waals surface area contributed by atoms with Crippen LogP contribution in [-0.2, 0) is 19.5 Å². The highest BCUT2D eigenvalue weighted by Crippen LogP contribution is 2.35. The van der Waals surface area contributed by atoms with Gasteiger partial charge in [-0.05, 0) is 34.1 Å². The van der Waals surface area contributed by atoms with Crippen molar-refractivity contribution in [2.75, 3.05) is 26.3 Å². The standard InChI is InChI=1S/C13H15Br2NO4S/c14-10-1-2-11(15)12(9-10)21(17,18)16-5-3-13(4-6-16)19-7-8-20-13/h1-2,9H,3-8H2. The smallest absolute Gasteiger partial charge is 0.244 e. The van der Waals surface area contributed by atoms with Crippen molar-refractivity contribution in [3.63, 3.8) is 0 Å². The van der Waals surface area contributed by atoms with E-state index in [1.54, 1.807) is 18.2 Å². The Bertz CT molecular complexity index is 634. The van der Waals surface area contributed by atoms with Crippen LogP contribution in [-0.4, -0.2) is 44.8 Å². The van der Waals surface area contributed by atoms with E-state index in [1.165, 1.54) is 4.31 Å². The summed E-state index contributed by atoms with van der Waals surface area (Å²) in [5.41, 5.74) is 0. The average Bonchev–Trinajstić information content (AvgIpc) is 2.90. The number of hydrogen-bond acceptors (Lipinski definition) is 4. The summed E-state index contributed by atoms with van der Waals surface area (Å²) in [6, 6.07) is 5.15. The zero-order valence-electron chi connectivity index (χ0n) is 11.2. The van der Waals surface area contributed by atoms with Crippen molar-refractivity contribution in [1.82, 2.24) is 4.31 Å². The molecule has 0 saturated carbocycles. The number of ether oxygens (including phenoxy) is 2. The Balaban J connectivity index is 1.82. The van der Waals surface area contributed by atoms with Gasteiger partial charge in [-0.2, -0.15) is 4.31 Å². The molecule has 0 aliphatic carbocycles. The third-order valence-corrected chi connectivity index (χ3v) is 7.19. The molecule has 1 aromatic carbocycles. The lowest BCUT2D eigenvalue weighted by molar-refractivity contribution is -0.179. The molecule has 1 aromatic rings. The van der Waals surface area contributed by atoms with Crippen LogP contribution in [0, 0.1) is 0 Å². The van der Waals surface area contributed by atoms with Crippen molar-refractivity contribution in [3.8, 4) is 0 Å². The van der Waals surface area contributed by atoms with Gasteiger partial charge in [0, 0.05) is 34.9 Å². The molecular weight excluding hydrogens is 426 g/mol. The quantitative estimate of drug-likeness (QED) is 0.709. The minimum absolute atomic E-state index is 0.279. The van der Waals surface area contributed by atoms with E-state index in [2.05, 4.69) is 31.9 Å². The molecule has 2 saturated heterocycles. The minimum Gasteiger partial charge on any atom is -0.347 e. The minimum atomic E-state index is -3.52. The molecule has 1 spiro atoms. The third-order valence-electron chi connectivity index (χ3n) is 3.81. The van der Waals surface area contributed by atoms with Crippen LogP contribution in [0.1, 0.15) is 12.8 Å². The fourth-order valence-corrected chi connectivity index (χ4v) is 5.57. The van der Waals surface area contributed by atoms with E-state index < -0.39 is 15.8 Å². The van der Waals surface area contributed by atoms with Gasteiger partial charge in [-0.25, -0.2) is 8.42 Å². The normalized spacial score (nSPS) is 22.8. The Kier molecular flexibility index (Phi) is 4.46. The summed E-state index contributed by atoms with van der Waals surface area (Å²) in [5, 5.41) is 0. The zero-order chi connectivity index (χ0) is 15.1. The van der Waals surface area contributed by atoms with Crippen LogP contribution < -0.4 is 0 Å². The second-order valence-corrected chi connectivity index (χ2v) is 8.76. The maximum Gasteiger partial charge on any atom is 0.244 e. The predicted molar refractivity (Wildman–Crippen MR) is 84.5 cm³/mol. The fourth-order valence-electron chi connectivity index (χ4n) is 2.67. The van der Waals surface area contributed by atoms with Gasteiger partial charge in [0.05, 0.1) is 18.1 Å². The van der Waals surface area contributed by atoms with E-state index in [4.69, 9.17) is 9.47 Å². The Hall–Kier alpha value is 0.01000. The first-order chi connectivity index (χ1) is 9.93. The van der Waals surface area contributed by atoms with Crippen molar-refractivity contribution >= 4 is 41.9 Å². The SMILES string of the molecule is O=S(=O)(c1cc(Br)ccc1Br)N1CCC2(CC1)OCCO2. The predicted octanol–water partition coefficient (Wildman–Crippen LogP) is 2.74. The lowest BCUT2D eigenvalue weighted by Gasteiger charge is -2.36. The molecule has 0 unspecified atom stereocenters. The zero-order valence-corrected chi connectivity index (χ0v) is 15.2. The van der Waals surface area contributed by atoms with Crippen molar-refractivity contribution < 1.29 is 17.9 Å². The van der Waals surface area contributed by atoms with E-state index in [0.717, 1.165) is 4.47 Å². The summed E-state index contributed by atoms with van der Waals surface area (Å²) in [5.74, 6) is -0.569. The molecule has 116 valence electrons. The molecule has 21 heavy (non-hydrogen) atoms. The lowest BCUT2D eigenvalue weighted by atomic mass is 10.1. The van der Waals surface area contributed by atoms with Gasteiger partial charge in [0.15, 0.2) is 5.79 Å². The number of nitrogens with zero attached hydrogens (tertiary/aromatic N) is 1. The Morgan fingerprint density at radius 3 is 2.33 bits per heavy atom. The number of benzene rings is 1. The number of sulfonamides is 1. The van der Waals surface area contributed by atoms with Gasteiger partial charge >= 0.3 is 0 Å². The van der Waals surface area contributed by atoms with E-state index in [1.807, 2.05) is 0 Å². The fraction of sp³-hybridized carbons (Fsp3) is 0.538. The van der Waals surface area contributed by atoms with Gasteiger partial charge in [0.2, 0.25) is 10.0 Å². The number of halogens is 2. The first-order valence-electron chi connectivity index (χ1n) is 6.66. The van der Waals surface area contributed by atoms with Crippen molar-refractivity contribution in [3.05, 3.63) is 27.1 Å². The average molecular weight is 441 g/mol. The Labute approximate surface area is 140 Å². The van der Waals surface area contributed by atoms with Crippen molar-refractivity contribution in [2.24, 2.45) is 0 Å². The third kappa shape index (κ3) is 3.07. The summed E-state index contributed by atoms with van der Waals surface area (Å²) >= 11 is 6.63. The summed E-state index contributed by atoms with van der Waals surface area (Å²) in [4.78, 5) is 0.279. The molecule has 8 heteroatoms. The van der Waals surface area contributed by atoms with Gasteiger partial charge in [-0.3, -0.25) is 0 Å². The lowest BCUT2D eigenvalue weighted by Crippen LogP contribution is -2.47. The van der Waals surface area contributed by atoms with Gasteiger partial charge in [-0.15, -0.1) is 0 Å². The van der Waals surface area contributed by atoms with Crippen LogP contribution in [0.25, 0.3) is 0 Å². The molecule has 2 aliphatic heterocycles. The maximum atomic E-state index is 12.8. The van der Waals surface area contributed by atoms with Gasteiger partial charge in [-0.1, -0.05) is 15.9 Å². The second-order valence-electron chi connectivity index (χ2n) is 5.09. The number of rotatable bonds is 2. The summed E-state index contributed by atoms with van der Waals surface area (Å²) in [7, 11) is -3.52. The Morgan fingerprint density at radius 2 is 1.71 bits per heavy atom. The summed E-state index contributed by atoms with van der Waals surface area (Å²) in [6.45, 7) is 1.98. The summed E-state index contributed by atoms with van der Waals surface area (Å²) in [6.07, 6.45) is 1.13. The van der Waals surface area contributed by atoms with E-state index in [9.17, 15) is 8.42 Å². The van der Waals surface area contributed by atoms with Crippen LogP contribution in [0.5, 0.6) is 0 Å². The van der Waals surface area contributed by atoms with Crippen LogP contribution in [0.4, 0.5) is 0 Å². The second kappa shape index (κ2) is 5.90. The van der Waals surface area contributed by atoms with E-state index in [0.29, 0.717) is 43.6 Å². The highest BCUT2D eigenvalue weighted by molar-refractivity contribution is 9.11. The van der Waals surface area contributed by atoms with Gasteiger partial charge in [0.1, 0.15) is 0 Å². The molecule has 2 aliphatic rings. The molecule has 0 atom stereocenters. The highest BCUT2D eigenvalue weighted by Gasteiger charge is 2.42. The van der Waals surface area contributed by atoms with E-state index >= 15 is 0 Å². The monoisotopic (exact) mass is 439 g/mol. The molecule has 5 nitrogen and oxygen atoms in total. The van der Waals surface area contributed by atoms with Crippen LogP contribution in [0.2, 0.25) is 0 Å². The number of hydrogen-bond donors (Lipinski definition) is 0. The van der Waals surface area contributed by atoms with Crippen LogP contribution in [0.15, 0.2) is 32.0 Å². The van der Waals surface area contributed by atoms with Crippen LogP contribution in [0.3, 0.4) is 0 Å². The molecule has 0 radical (unpaired) electrons. The first-order valence-corrected chi connectivity index (χ1v) is 9.69. The maximum absolute atomic E-state index is 12.8. The Morgan fingerprint density at radius 1 is 1.10 bits per heavy atom. The summed E-state index contributed by atoms with van der Waals surface area (Å²) < 4.78 is 39.6. The van der Waals surface area contributed by atoms with Gasteiger partial charge in [0.25, 0.3) is 0 Å². The number of piperidine rings is 1. The molecule has 0 N–H and O–H groups in total.